The van der Waals surface area contributed by atoms with Crippen molar-refractivity contribution in [2.24, 2.45) is 0 Å². The Morgan fingerprint density at radius 2 is 2.22 bits per heavy atom. The van der Waals surface area contributed by atoms with Crippen LogP contribution in [0.3, 0.4) is 0 Å². The molecule has 0 amide bonds. The van der Waals surface area contributed by atoms with Gasteiger partial charge >= 0.3 is 0 Å². The second-order valence-corrected chi connectivity index (χ2v) is 4.86. The lowest BCUT2D eigenvalue weighted by Gasteiger charge is -2.04. The number of rotatable bonds is 4. The fourth-order valence-electron chi connectivity index (χ4n) is 1.59. The SMILES string of the molecule is CCC(Cl)c1cn(Cc2cccc(Cl)c2F)nn1. The standard InChI is InChI=1S/C12H12Cl2FN3/c1-2-9(13)11-7-18(17-16-11)6-8-4-3-5-10(14)12(8)15/h3-5,7,9H,2,6H2,1H3. The highest BCUT2D eigenvalue weighted by atomic mass is 35.5. The van der Waals surface area contributed by atoms with Crippen molar-refractivity contribution >= 4 is 23.2 Å². The number of aromatic nitrogens is 3. The Morgan fingerprint density at radius 1 is 1.44 bits per heavy atom. The molecule has 3 nitrogen and oxygen atoms in total. The van der Waals surface area contributed by atoms with Crippen LogP contribution in [0.25, 0.3) is 0 Å². The molecule has 0 saturated carbocycles. The molecule has 0 aliphatic rings. The van der Waals surface area contributed by atoms with Crippen molar-refractivity contribution in [3.63, 3.8) is 0 Å². The molecule has 1 heterocycles. The Labute approximate surface area is 115 Å². The van der Waals surface area contributed by atoms with Crippen molar-refractivity contribution < 1.29 is 4.39 Å². The normalized spacial score (nSPS) is 12.7. The van der Waals surface area contributed by atoms with Gasteiger partial charge in [0.15, 0.2) is 0 Å². The Morgan fingerprint density at radius 3 is 2.94 bits per heavy atom. The van der Waals surface area contributed by atoms with Crippen molar-refractivity contribution in [3.05, 3.63) is 46.5 Å². The molecule has 1 unspecified atom stereocenters. The first-order valence-corrected chi connectivity index (χ1v) is 6.40. The number of halogens is 3. The van der Waals surface area contributed by atoms with Gasteiger partial charge in [-0.1, -0.05) is 35.9 Å². The van der Waals surface area contributed by atoms with Gasteiger partial charge in [0.25, 0.3) is 0 Å². The Hall–Kier alpha value is -1.13. The summed E-state index contributed by atoms with van der Waals surface area (Å²) in [5.41, 5.74) is 1.17. The summed E-state index contributed by atoms with van der Waals surface area (Å²) in [5.74, 6) is -0.422. The topological polar surface area (TPSA) is 30.7 Å². The highest BCUT2D eigenvalue weighted by Crippen LogP contribution is 2.22. The van der Waals surface area contributed by atoms with Gasteiger partial charge in [-0.15, -0.1) is 16.7 Å². The maximum absolute atomic E-state index is 13.7. The third kappa shape index (κ3) is 2.82. The molecule has 0 bridgehead atoms. The van der Waals surface area contributed by atoms with Gasteiger partial charge in [0.05, 0.1) is 23.1 Å². The van der Waals surface area contributed by atoms with Crippen LogP contribution in [0.1, 0.15) is 30.0 Å². The van der Waals surface area contributed by atoms with Crippen molar-refractivity contribution in [3.8, 4) is 0 Å². The van der Waals surface area contributed by atoms with Crippen LogP contribution >= 0.6 is 23.2 Å². The molecule has 2 aromatic rings. The molecule has 96 valence electrons. The van der Waals surface area contributed by atoms with E-state index in [1.165, 1.54) is 6.07 Å². The lowest BCUT2D eigenvalue weighted by atomic mass is 10.2. The maximum Gasteiger partial charge on any atom is 0.146 e. The Kier molecular flexibility index (Phi) is 4.19. The van der Waals surface area contributed by atoms with Crippen LogP contribution in [-0.4, -0.2) is 15.0 Å². The summed E-state index contributed by atoms with van der Waals surface area (Å²) in [6.45, 7) is 2.25. The molecule has 1 aromatic carbocycles. The quantitative estimate of drug-likeness (QED) is 0.801. The molecule has 0 aliphatic carbocycles. The van der Waals surface area contributed by atoms with E-state index in [0.29, 0.717) is 11.3 Å². The van der Waals surface area contributed by atoms with Crippen LogP contribution in [-0.2, 0) is 6.54 Å². The lowest BCUT2D eigenvalue weighted by Crippen LogP contribution is -2.03. The second kappa shape index (κ2) is 5.67. The first kappa shape index (κ1) is 13.3. The van der Waals surface area contributed by atoms with Gasteiger partial charge in [-0.25, -0.2) is 9.07 Å². The predicted molar refractivity (Wildman–Crippen MR) is 69.4 cm³/mol. The minimum atomic E-state index is -0.422. The minimum Gasteiger partial charge on any atom is -0.248 e. The zero-order chi connectivity index (χ0) is 13.1. The Bertz CT molecular complexity index is 542. The van der Waals surface area contributed by atoms with E-state index >= 15 is 0 Å². The number of benzene rings is 1. The van der Waals surface area contributed by atoms with Crippen LogP contribution < -0.4 is 0 Å². The fraction of sp³-hybridized carbons (Fsp3) is 0.333. The van der Waals surface area contributed by atoms with Crippen molar-refractivity contribution in [2.45, 2.75) is 25.3 Å². The van der Waals surface area contributed by atoms with Crippen LogP contribution in [0.15, 0.2) is 24.4 Å². The third-order valence-corrected chi connectivity index (χ3v) is 3.42. The first-order chi connectivity index (χ1) is 8.61. The van der Waals surface area contributed by atoms with Crippen LogP contribution in [0, 0.1) is 5.82 Å². The molecule has 2 rings (SSSR count). The largest absolute Gasteiger partial charge is 0.248 e. The van der Waals surface area contributed by atoms with Crippen LogP contribution in [0.4, 0.5) is 4.39 Å². The van der Waals surface area contributed by atoms with Gasteiger partial charge in [-0.3, -0.25) is 0 Å². The number of nitrogens with zero attached hydrogens (tertiary/aromatic N) is 3. The van der Waals surface area contributed by atoms with E-state index in [0.717, 1.165) is 6.42 Å². The molecule has 0 aliphatic heterocycles. The average Bonchev–Trinajstić information content (AvgIpc) is 2.82. The monoisotopic (exact) mass is 287 g/mol. The van der Waals surface area contributed by atoms with Gasteiger partial charge in [0.1, 0.15) is 11.5 Å². The lowest BCUT2D eigenvalue weighted by molar-refractivity contribution is 0.577. The van der Waals surface area contributed by atoms with E-state index in [1.54, 1.807) is 23.0 Å². The van der Waals surface area contributed by atoms with Gasteiger partial charge in [-0.05, 0) is 12.5 Å². The smallest absolute Gasteiger partial charge is 0.146 e. The molecular weight excluding hydrogens is 276 g/mol. The molecule has 1 atom stereocenters. The summed E-state index contributed by atoms with van der Waals surface area (Å²) in [5, 5.41) is 7.83. The first-order valence-electron chi connectivity index (χ1n) is 5.58. The number of alkyl halides is 1. The molecule has 18 heavy (non-hydrogen) atoms. The van der Waals surface area contributed by atoms with Gasteiger partial charge < -0.3 is 0 Å². The third-order valence-electron chi connectivity index (χ3n) is 2.60. The molecule has 0 saturated heterocycles. The molecule has 0 radical (unpaired) electrons. The molecule has 0 N–H and O–H groups in total. The summed E-state index contributed by atoms with van der Waals surface area (Å²) in [4.78, 5) is 0. The number of hydrogen-bond donors (Lipinski definition) is 0. The van der Waals surface area contributed by atoms with Crippen LogP contribution in [0.2, 0.25) is 5.02 Å². The average molecular weight is 288 g/mol. The predicted octanol–water partition coefficient (Wildman–Crippen LogP) is 3.81. The zero-order valence-electron chi connectivity index (χ0n) is 9.78. The Balaban J connectivity index is 2.19. The van der Waals surface area contributed by atoms with Crippen molar-refractivity contribution in [1.82, 2.24) is 15.0 Å². The molecule has 0 fully saturated rings. The zero-order valence-corrected chi connectivity index (χ0v) is 11.3. The van der Waals surface area contributed by atoms with Gasteiger partial charge in [-0.2, -0.15) is 0 Å². The minimum absolute atomic E-state index is 0.108. The van der Waals surface area contributed by atoms with Crippen molar-refractivity contribution in [2.75, 3.05) is 0 Å². The summed E-state index contributed by atoms with van der Waals surface area (Å²) >= 11 is 11.8. The summed E-state index contributed by atoms with van der Waals surface area (Å²) in [7, 11) is 0. The molecular formula is C12H12Cl2FN3. The molecule has 1 aromatic heterocycles. The maximum atomic E-state index is 13.7. The molecule has 0 spiro atoms. The van der Waals surface area contributed by atoms with Crippen LogP contribution in [0.5, 0.6) is 0 Å². The van der Waals surface area contributed by atoms with E-state index in [4.69, 9.17) is 23.2 Å². The fourth-order valence-corrected chi connectivity index (χ4v) is 1.88. The summed E-state index contributed by atoms with van der Waals surface area (Å²) in [6.07, 6.45) is 2.49. The van der Waals surface area contributed by atoms with E-state index in [2.05, 4.69) is 10.3 Å². The highest BCUT2D eigenvalue weighted by Gasteiger charge is 2.12. The summed E-state index contributed by atoms with van der Waals surface area (Å²) in [6, 6.07) is 4.88. The van der Waals surface area contributed by atoms with Gasteiger partial charge in [0, 0.05) is 5.56 Å². The molecule has 6 heteroatoms. The number of hydrogen-bond acceptors (Lipinski definition) is 2. The van der Waals surface area contributed by atoms with Crippen molar-refractivity contribution in [1.29, 1.82) is 0 Å². The summed E-state index contributed by atoms with van der Waals surface area (Å²) < 4.78 is 15.3. The highest BCUT2D eigenvalue weighted by molar-refractivity contribution is 6.30. The van der Waals surface area contributed by atoms with E-state index in [1.807, 2.05) is 6.92 Å². The van der Waals surface area contributed by atoms with E-state index in [-0.39, 0.29) is 16.9 Å². The second-order valence-electron chi connectivity index (χ2n) is 3.93. The van der Waals surface area contributed by atoms with E-state index < -0.39 is 5.82 Å². The van der Waals surface area contributed by atoms with Gasteiger partial charge in [0.2, 0.25) is 0 Å². The van der Waals surface area contributed by atoms with E-state index in [9.17, 15) is 4.39 Å².